The maximum Gasteiger partial charge on any atom is 0.157 e. The molecule has 2 heterocycles. The standard InChI is InChI=1S/C9H11N5O/c1-6(15)8-3-4-9(10-5-8)14-7(2)11-12-13-14/h3-6,15H,1-2H3. The molecular formula is C9H11N5O. The summed E-state index contributed by atoms with van der Waals surface area (Å²) < 4.78 is 1.53. The van der Waals surface area contributed by atoms with Crippen LogP contribution < -0.4 is 0 Å². The molecule has 15 heavy (non-hydrogen) atoms. The van der Waals surface area contributed by atoms with Gasteiger partial charge in [-0.05, 0) is 35.9 Å². The fourth-order valence-corrected chi connectivity index (χ4v) is 1.21. The van der Waals surface area contributed by atoms with E-state index in [-0.39, 0.29) is 0 Å². The number of nitrogens with zero attached hydrogens (tertiary/aromatic N) is 5. The van der Waals surface area contributed by atoms with Gasteiger partial charge in [-0.25, -0.2) is 4.98 Å². The van der Waals surface area contributed by atoms with Crippen LogP contribution in [-0.4, -0.2) is 30.3 Å². The molecule has 78 valence electrons. The summed E-state index contributed by atoms with van der Waals surface area (Å²) in [5, 5.41) is 20.4. The van der Waals surface area contributed by atoms with Crippen molar-refractivity contribution in [2.45, 2.75) is 20.0 Å². The zero-order valence-corrected chi connectivity index (χ0v) is 8.49. The molecular weight excluding hydrogens is 194 g/mol. The van der Waals surface area contributed by atoms with Gasteiger partial charge in [0.15, 0.2) is 11.6 Å². The predicted octanol–water partition coefficient (Wildman–Crippen LogP) is 0.419. The molecule has 1 atom stereocenters. The van der Waals surface area contributed by atoms with Crippen LogP contribution in [0.4, 0.5) is 0 Å². The summed E-state index contributed by atoms with van der Waals surface area (Å²) in [5.41, 5.74) is 0.768. The third-order valence-electron chi connectivity index (χ3n) is 2.10. The van der Waals surface area contributed by atoms with E-state index >= 15 is 0 Å². The molecule has 0 radical (unpaired) electrons. The third-order valence-corrected chi connectivity index (χ3v) is 2.10. The number of hydrogen-bond donors (Lipinski definition) is 1. The third kappa shape index (κ3) is 1.84. The summed E-state index contributed by atoms with van der Waals surface area (Å²) in [6, 6.07) is 3.57. The number of tetrazole rings is 1. The molecule has 1 unspecified atom stereocenters. The second-order valence-electron chi connectivity index (χ2n) is 3.26. The lowest BCUT2D eigenvalue weighted by Crippen LogP contribution is -2.03. The van der Waals surface area contributed by atoms with Crippen molar-refractivity contribution in [1.82, 2.24) is 25.2 Å². The maximum absolute atomic E-state index is 9.31. The van der Waals surface area contributed by atoms with Crippen molar-refractivity contribution in [2.75, 3.05) is 0 Å². The molecule has 0 amide bonds. The first-order valence-electron chi connectivity index (χ1n) is 4.58. The van der Waals surface area contributed by atoms with E-state index in [1.54, 1.807) is 32.2 Å². The first-order chi connectivity index (χ1) is 7.18. The Balaban J connectivity index is 2.36. The minimum absolute atomic E-state index is 0.512. The number of hydrogen-bond acceptors (Lipinski definition) is 5. The fourth-order valence-electron chi connectivity index (χ4n) is 1.21. The highest BCUT2D eigenvalue weighted by atomic mass is 16.3. The van der Waals surface area contributed by atoms with E-state index in [0.717, 1.165) is 5.56 Å². The van der Waals surface area contributed by atoms with Gasteiger partial charge in [-0.2, -0.15) is 4.68 Å². The van der Waals surface area contributed by atoms with Gasteiger partial charge in [0.1, 0.15) is 0 Å². The van der Waals surface area contributed by atoms with Crippen molar-refractivity contribution >= 4 is 0 Å². The minimum atomic E-state index is -0.512. The Morgan fingerprint density at radius 1 is 1.40 bits per heavy atom. The predicted molar refractivity (Wildman–Crippen MR) is 52.3 cm³/mol. The smallest absolute Gasteiger partial charge is 0.157 e. The normalized spacial score (nSPS) is 12.7. The van der Waals surface area contributed by atoms with Crippen molar-refractivity contribution < 1.29 is 5.11 Å². The average molecular weight is 205 g/mol. The summed E-state index contributed by atoms with van der Waals surface area (Å²) in [6.45, 7) is 3.49. The highest BCUT2D eigenvalue weighted by Crippen LogP contribution is 2.12. The SMILES string of the molecule is Cc1nnnn1-c1ccc(C(C)O)cn1. The summed E-state index contributed by atoms with van der Waals surface area (Å²) >= 11 is 0. The van der Waals surface area contributed by atoms with Gasteiger partial charge in [0, 0.05) is 6.20 Å². The molecule has 6 heteroatoms. The Kier molecular flexibility index (Phi) is 2.42. The van der Waals surface area contributed by atoms with Crippen LogP contribution in [0.5, 0.6) is 0 Å². The summed E-state index contributed by atoms with van der Waals surface area (Å²) in [5.74, 6) is 1.31. The first-order valence-corrected chi connectivity index (χ1v) is 4.58. The molecule has 0 aliphatic heterocycles. The molecule has 2 aromatic rings. The van der Waals surface area contributed by atoms with Crippen LogP contribution >= 0.6 is 0 Å². The molecule has 6 nitrogen and oxygen atoms in total. The summed E-state index contributed by atoms with van der Waals surface area (Å²) in [6.07, 6.45) is 1.10. The number of aryl methyl sites for hydroxylation is 1. The molecule has 0 saturated heterocycles. The summed E-state index contributed by atoms with van der Waals surface area (Å²) in [4.78, 5) is 4.16. The van der Waals surface area contributed by atoms with Crippen LogP contribution in [0.2, 0.25) is 0 Å². The molecule has 0 bridgehead atoms. The maximum atomic E-state index is 9.31. The molecule has 2 aromatic heterocycles. The Morgan fingerprint density at radius 2 is 2.20 bits per heavy atom. The number of aliphatic hydroxyl groups excluding tert-OH is 1. The van der Waals surface area contributed by atoms with Gasteiger partial charge in [-0.1, -0.05) is 6.07 Å². The van der Waals surface area contributed by atoms with E-state index in [1.807, 2.05) is 0 Å². The molecule has 0 aromatic carbocycles. The van der Waals surface area contributed by atoms with Crippen LogP contribution in [0.25, 0.3) is 5.82 Å². The van der Waals surface area contributed by atoms with Gasteiger partial charge >= 0.3 is 0 Å². The minimum Gasteiger partial charge on any atom is -0.389 e. The van der Waals surface area contributed by atoms with Crippen LogP contribution in [0.1, 0.15) is 24.4 Å². The summed E-state index contributed by atoms with van der Waals surface area (Å²) in [7, 11) is 0. The first kappa shape index (κ1) is 9.72. The molecule has 0 spiro atoms. The van der Waals surface area contributed by atoms with Gasteiger partial charge in [0.25, 0.3) is 0 Å². The number of pyridine rings is 1. The van der Waals surface area contributed by atoms with E-state index in [4.69, 9.17) is 0 Å². The second-order valence-corrected chi connectivity index (χ2v) is 3.26. The monoisotopic (exact) mass is 205 g/mol. The zero-order valence-electron chi connectivity index (χ0n) is 8.49. The van der Waals surface area contributed by atoms with E-state index in [0.29, 0.717) is 11.6 Å². The van der Waals surface area contributed by atoms with Crippen LogP contribution in [-0.2, 0) is 0 Å². The van der Waals surface area contributed by atoms with Crippen molar-refractivity contribution in [3.05, 3.63) is 29.7 Å². The zero-order chi connectivity index (χ0) is 10.8. The number of aromatic nitrogens is 5. The highest BCUT2D eigenvalue weighted by molar-refractivity contribution is 5.25. The Labute approximate surface area is 86.6 Å². The molecule has 0 fully saturated rings. The number of aliphatic hydroxyl groups is 1. The topological polar surface area (TPSA) is 76.7 Å². The van der Waals surface area contributed by atoms with Gasteiger partial charge in [0.05, 0.1) is 6.10 Å². The van der Waals surface area contributed by atoms with Crippen molar-refractivity contribution in [1.29, 1.82) is 0 Å². The van der Waals surface area contributed by atoms with Gasteiger partial charge in [-0.15, -0.1) is 5.10 Å². The van der Waals surface area contributed by atoms with Crippen molar-refractivity contribution in [3.63, 3.8) is 0 Å². The second kappa shape index (κ2) is 3.74. The van der Waals surface area contributed by atoms with Crippen LogP contribution in [0, 0.1) is 6.92 Å². The number of rotatable bonds is 2. The van der Waals surface area contributed by atoms with Gasteiger partial charge in [0.2, 0.25) is 0 Å². The van der Waals surface area contributed by atoms with Crippen molar-refractivity contribution in [3.8, 4) is 5.82 Å². The van der Waals surface area contributed by atoms with E-state index in [9.17, 15) is 5.11 Å². The van der Waals surface area contributed by atoms with Crippen LogP contribution in [0.3, 0.4) is 0 Å². The lowest BCUT2D eigenvalue weighted by atomic mass is 10.2. The molecule has 0 aliphatic rings. The lowest BCUT2D eigenvalue weighted by Gasteiger charge is -2.05. The van der Waals surface area contributed by atoms with Gasteiger partial charge < -0.3 is 5.11 Å². The van der Waals surface area contributed by atoms with Crippen LogP contribution in [0.15, 0.2) is 18.3 Å². The largest absolute Gasteiger partial charge is 0.389 e. The lowest BCUT2D eigenvalue weighted by molar-refractivity contribution is 0.199. The van der Waals surface area contributed by atoms with Gasteiger partial charge in [-0.3, -0.25) is 0 Å². The quantitative estimate of drug-likeness (QED) is 0.768. The van der Waals surface area contributed by atoms with E-state index in [2.05, 4.69) is 20.5 Å². The molecule has 2 rings (SSSR count). The van der Waals surface area contributed by atoms with Crippen molar-refractivity contribution in [2.24, 2.45) is 0 Å². The highest BCUT2D eigenvalue weighted by Gasteiger charge is 2.06. The van der Waals surface area contributed by atoms with E-state index in [1.165, 1.54) is 4.68 Å². The fraction of sp³-hybridized carbons (Fsp3) is 0.333. The Bertz CT molecular complexity index is 448. The molecule has 1 N–H and O–H groups in total. The molecule has 0 aliphatic carbocycles. The van der Waals surface area contributed by atoms with E-state index < -0.39 is 6.10 Å². The average Bonchev–Trinajstić information content (AvgIpc) is 2.65. The molecule has 0 saturated carbocycles. The Morgan fingerprint density at radius 3 is 2.67 bits per heavy atom. The Hall–Kier alpha value is -1.82.